The summed E-state index contributed by atoms with van der Waals surface area (Å²) in [5.41, 5.74) is 2.20. The number of carbonyl (C=O) groups excluding carboxylic acids is 2. The summed E-state index contributed by atoms with van der Waals surface area (Å²) in [6, 6.07) is 5.72. The van der Waals surface area contributed by atoms with E-state index < -0.39 is 24.6 Å². The fourth-order valence-electron chi connectivity index (χ4n) is 12.8. The van der Waals surface area contributed by atoms with E-state index in [2.05, 4.69) is 43.8 Å². The molecule has 0 spiro atoms. The van der Waals surface area contributed by atoms with E-state index in [1.165, 1.54) is 6.07 Å². The summed E-state index contributed by atoms with van der Waals surface area (Å²) in [5, 5.41) is 0. The Morgan fingerprint density at radius 1 is 0.869 bits per heavy atom. The van der Waals surface area contributed by atoms with Crippen LogP contribution in [0.15, 0.2) is 29.8 Å². The van der Waals surface area contributed by atoms with Crippen molar-refractivity contribution in [2.45, 2.75) is 172 Å². The van der Waals surface area contributed by atoms with E-state index in [1.807, 2.05) is 26.8 Å². The van der Waals surface area contributed by atoms with Crippen LogP contribution in [0, 0.1) is 48.2 Å². The van der Waals surface area contributed by atoms with Gasteiger partial charge >= 0.3 is 5.97 Å². The van der Waals surface area contributed by atoms with E-state index in [-0.39, 0.29) is 108 Å². The number of esters is 1. The second-order valence-electron chi connectivity index (χ2n) is 19.4. The minimum Gasteiger partial charge on any atom is -0.462 e. The monoisotopic (exact) mass is 855 g/mol. The first kappa shape index (κ1) is 45.1. The number of allylic oxidation sites excluding steroid dienone is 2. The first-order valence-corrected chi connectivity index (χ1v) is 23.1. The Kier molecular flexibility index (Phi) is 13.7. The summed E-state index contributed by atoms with van der Waals surface area (Å²) in [6.45, 7) is 9.98. The number of Topliss-reactive ketones (excluding diaryl/α,β-unsaturated/α-hetero) is 1. The van der Waals surface area contributed by atoms with Crippen LogP contribution in [0.4, 0.5) is 10.1 Å². The Balaban J connectivity index is 1.12. The number of methoxy groups -OCH3 is 3. The van der Waals surface area contributed by atoms with Gasteiger partial charge < -0.3 is 47.7 Å². The Morgan fingerprint density at radius 3 is 2.30 bits per heavy atom. The number of nitrogens with zero attached hydrogens (tertiary/aromatic N) is 2. The number of anilines is 1. The molecule has 4 heterocycles. The zero-order valence-electron chi connectivity index (χ0n) is 38.0. The zero-order chi connectivity index (χ0) is 43.4. The number of benzene rings is 1. The largest absolute Gasteiger partial charge is 0.462 e. The molecule has 4 saturated heterocycles. The van der Waals surface area contributed by atoms with Crippen molar-refractivity contribution < 1.29 is 51.9 Å². The summed E-state index contributed by atoms with van der Waals surface area (Å²) in [4.78, 5) is 33.8. The highest BCUT2D eigenvalue weighted by molar-refractivity contribution is 5.99. The van der Waals surface area contributed by atoms with E-state index in [0.717, 1.165) is 43.4 Å². The Hall–Kier alpha value is -2.49. The lowest BCUT2D eigenvalue weighted by Crippen LogP contribution is -2.59. The van der Waals surface area contributed by atoms with E-state index in [9.17, 15) is 4.79 Å². The molecule has 19 atom stereocenters. The number of fused-ring (bicyclic) bond motifs is 8. The lowest BCUT2D eigenvalue weighted by Gasteiger charge is -2.44. The van der Waals surface area contributed by atoms with Crippen LogP contribution in [0.1, 0.15) is 91.0 Å². The number of hydrogen-bond donors (Lipinski definition) is 0. The fourth-order valence-corrected chi connectivity index (χ4v) is 12.8. The van der Waals surface area contributed by atoms with Crippen LogP contribution in [-0.2, 0) is 47.5 Å². The van der Waals surface area contributed by atoms with Gasteiger partial charge in [-0.05, 0) is 128 Å². The van der Waals surface area contributed by atoms with Gasteiger partial charge in [-0.1, -0.05) is 26.0 Å². The van der Waals surface area contributed by atoms with Crippen LogP contribution in [0.25, 0.3) is 0 Å². The fraction of sp³-hybridized carbons (Fsp3) is 0.792. The highest BCUT2D eigenvalue weighted by Crippen LogP contribution is 2.65. The molecule has 2 saturated carbocycles. The van der Waals surface area contributed by atoms with E-state index in [1.54, 1.807) is 27.4 Å². The Morgan fingerprint density at radius 2 is 1.61 bits per heavy atom. The second kappa shape index (κ2) is 18.5. The average molecular weight is 855 g/mol. The zero-order valence-corrected chi connectivity index (χ0v) is 38.0. The first-order valence-electron chi connectivity index (χ1n) is 23.1. The van der Waals surface area contributed by atoms with Gasteiger partial charge in [-0.3, -0.25) is 9.59 Å². The number of ether oxygens (including phenoxy) is 8. The SMILES string of the molecule is CC[C@H]1CCC[C@H](O[C@H]2CC[C@H](N(C)C)C(C)O2)[C@@H](C)C(=O)C2=C[C@H]3[C@@H]4C[C@H](O[C@@H]5OC(C)[C@H](OC)C(OC)[C@@H]5OC)C[C@H]4[C@H]4[C@@H]([C@H]3[C@@H]2CC(=O)O1)N4c1cccc(F)c1C. The van der Waals surface area contributed by atoms with Gasteiger partial charge in [0.2, 0.25) is 0 Å². The molecule has 0 N–H and O–H groups in total. The van der Waals surface area contributed by atoms with Crippen LogP contribution < -0.4 is 4.90 Å². The minimum atomic E-state index is -0.670. The molecular weight excluding hydrogens is 784 g/mol. The number of carbonyl (C=O) groups is 2. The highest BCUT2D eigenvalue weighted by atomic mass is 19.1. The molecule has 0 bridgehead atoms. The predicted octanol–water partition coefficient (Wildman–Crippen LogP) is 6.64. The number of cyclic esters (lactones) is 1. The van der Waals surface area contributed by atoms with Gasteiger partial charge in [-0.2, -0.15) is 0 Å². The van der Waals surface area contributed by atoms with Crippen LogP contribution in [0.2, 0.25) is 0 Å². The van der Waals surface area contributed by atoms with Gasteiger partial charge in [0.25, 0.3) is 0 Å². The molecule has 6 fully saturated rings. The van der Waals surface area contributed by atoms with Crippen molar-refractivity contribution in [3.63, 3.8) is 0 Å². The topological polar surface area (TPSA) is 114 Å². The third-order valence-electron chi connectivity index (χ3n) is 15.9. The van der Waals surface area contributed by atoms with Crippen LogP contribution in [0.3, 0.4) is 0 Å². The Bertz CT molecular complexity index is 1760. The number of rotatable bonds is 10. The number of ketones is 1. The lowest BCUT2D eigenvalue weighted by atomic mass is 9.66. The maximum absolute atomic E-state index is 15.3. The third kappa shape index (κ3) is 8.49. The number of halogens is 1. The molecule has 4 aliphatic heterocycles. The minimum absolute atomic E-state index is 0.000367. The first-order chi connectivity index (χ1) is 29.3. The van der Waals surface area contributed by atoms with Crippen molar-refractivity contribution in [3.05, 3.63) is 41.2 Å². The van der Waals surface area contributed by atoms with Crippen LogP contribution >= 0.6 is 0 Å². The van der Waals surface area contributed by atoms with Crippen molar-refractivity contribution in [2.24, 2.45) is 35.5 Å². The van der Waals surface area contributed by atoms with Gasteiger partial charge in [0.1, 0.15) is 30.2 Å². The molecule has 340 valence electrons. The van der Waals surface area contributed by atoms with Crippen LogP contribution in [0.5, 0.6) is 0 Å². The van der Waals surface area contributed by atoms with E-state index >= 15 is 9.18 Å². The molecular formula is C48H71FN2O10. The summed E-state index contributed by atoms with van der Waals surface area (Å²) < 4.78 is 65.8. The molecule has 12 nitrogen and oxygen atoms in total. The van der Waals surface area contributed by atoms with Gasteiger partial charge in [0.15, 0.2) is 18.4 Å². The number of hydrogen-bond acceptors (Lipinski definition) is 12. The number of likely N-dealkylation sites (N-methyl/N-ethyl adjacent to an activating group) is 1. The van der Waals surface area contributed by atoms with Crippen molar-refractivity contribution in [1.29, 1.82) is 0 Å². The van der Waals surface area contributed by atoms with Gasteiger partial charge in [-0.25, -0.2) is 4.39 Å². The van der Waals surface area contributed by atoms with Crippen molar-refractivity contribution in [3.8, 4) is 0 Å². The van der Waals surface area contributed by atoms with E-state index in [4.69, 9.17) is 37.9 Å². The smallest absolute Gasteiger partial charge is 0.306 e. The summed E-state index contributed by atoms with van der Waals surface area (Å²) >= 11 is 0. The van der Waals surface area contributed by atoms with Gasteiger partial charge in [0, 0.05) is 50.5 Å². The van der Waals surface area contributed by atoms with Crippen molar-refractivity contribution in [2.75, 3.05) is 40.3 Å². The van der Waals surface area contributed by atoms with Crippen molar-refractivity contribution >= 4 is 17.4 Å². The van der Waals surface area contributed by atoms with Crippen molar-refractivity contribution in [1.82, 2.24) is 4.90 Å². The molecule has 1 aromatic rings. The average Bonchev–Trinajstić information content (AvgIpc) is 3.62. The molecule has 0 radical (unpaired) electrons. The maximum atomic E-state index is 15.3. The maximum Gasteiger partial charge on any atom is 0.306 e. The molecule has 13 heteroatoms. The molecule has 7 aliphatic rings. The summed E-state index contributed by atoms with van der Waals surface area (Å²) in [5.74, 6) is -0.915. The molecule has 3 aliphatic carbocycles. The normalized spacial score (nSPS) is 44.0. The molecule has 0 aromatic heterocycles. The predicted molar refractivity (Wildman–Crippen MR) is 226 cm³/mol. The van der Waals surface area contributed by atoms with Crippen LogP contribution in [-0.4, -0.2) is 132 Å². The van der Waals surface area contributed by atoms with Gasteiger partial charge in [-0.15, -0.1) is 0 Å². The Labute approximate surface area is 362 Å². The summed E-state index contributed by atoms with van der Waals surface area (Å²) in [6.07, 6.45) is 5.17. The molecule has 61 heavy (non-hydrogen) atoms. The third-order valence-corrected chi connectivity index (χ3v) is 15.9. The van der Waals surface area contributed by atoms with Gasteiger partial charge in [0.05, 0.1) is 42.9 Å². The lowest BCUT2D eigenvalue weighted by molar-refractivity contribution is -0.314. The molecule has 3 unspecified atom stereocenters. The standard InChI is InChI=1S/C48H71FN2O10/c1-11-28-14-12-17-38(61-40-19-18-37(50(6)7)26(4)57-40)25(3)44(53)34-22-31-30-20-29(60-48-47(56-10)46(55-9)45(54-8)27(5)58-48)21-33(30)42-43(41(31)32(34)23-39(52)59-28)51(42)36-16-13-15-35(49)24(36)2/h13,15-16,22,25-33,37-38,40-43,45-48H,11-12,14,17-21,23H2,1-10H3/t25-,26?,27?,28+,29+,30+,31+,32-,33-,37+,38+,40+,41-,42+,43-,45+,46?,47+,48+,51?/m1/s1. The highest BCUT2D eigenvalue weighted by Gasteiger charge is 2.69. The molecule has 0 amide bonds. The summed E-state index contributed by atoms with van der Waals surface area (Å²) in [7, 11) is 9.11. The molecule has 8 rings (SSSR count). The quantitative estimate of drug-likeness (QED) is 0.186. The molecule has 1 aromatic carbocycles. The van der Waals surface area contributed by atoms with E-state index in [0.29, 0.717) is 30.9 Å². The second-order valence-corrected chi connectivity index (χ2v) is 19.4.